The number of nitrogens with zero attached hydrogens (tertiary/aromatic N) is 2. The highest BCUT2D eigenvalue weighted by Gasteiger charge is 2.40. The third-order valence-corrected chi connectivity index (χ3v) is 3.28. The maximum atomic E-state index is 10.4. The number of rotatable bonds is 4. The molecule has 2 atom stereocenters. The van der Waals surface area contributed by atoms with Gasteiger partial charge in [-0.3, -0.25) is 0 Å². The van der Waals surface area contributed by atoms with Gasteiger partial charge in [-0.15, -0.1) is 0 Å². The van der Waals surface area contributed by atoms with E-state index in [0.29, 0.717) is 0 Å². The van der Waals surface area contributed by atoms with Crippen LogP contribution in [0.1, 0.15) is 45.0 Å². The second-order valence-corrected chi connectivity index (χ2v) is 4.65. The van der Waals surface area contributed by atoms with E-state index in [4.69, 9.17) is 4.74 Å². The summed E-state index contributed by atoms with van der Waals surface area (Å²) in [5, 5.41) is 10.4. The topological polar surface area (TPSA) is 47.3 Å². The van der Waals surface area contributed by atoms with Crippen molar-refractivity contribution in [2.24, 2.45) is 0 Å². The molecule has 0 aliphatic carbocycles. The van der Waals surface area contributed by atoms with Crippen molar-refractivity contribution < 1.29 is 9.84 Å². The standard InChI is InChI=1S/C12H20N2O2/c1-3-7-14-8-6-13-11(14)10(15)12(2)5-4-9-16-12/h6,8,10,15H,3-5,7,9H2,1-2H3. The van der Waals surface area contributed by atoms with Crippen LogP contribution < -0.4 is 0 Å². The average molecular weight is 224 g/mol. The van der Waals surface area contributed by atoms with Crippen LogP contribution in [0, 0.1) is 0 Å². The lowest BCUT2D eigenvalue weighted by Gasteiger charge is -2.29. The Bertz CT molecular complexity index is 343. The molecule has 0 bridgehead atoms. The molecule has 2 rings (SSSR count). The number of aryl methyl sites for hydroxylation is 1. The van der Waals surface area contributed by atoms with Gasteiger partial charge in [-0.1, -0.05) is 6.92 Å². The SMILES string of the molecule is CCCn1ccnc1C(O)C1(C)CCCO1. The second kappa shape index (κ2) is 4.55. The summed E-state index contributed by atoms with van der Waals surface area (Å²) in [4.78, 5) is 4.26. The Kier molecular flexibility index (Phi) is 3.30. The Morgan fingerprint density at radius 1 is 1.69 bits per heavy atom. The minimum Gasteiger partial charge on any atom is -0.382 e. The molecule has 1 fully saturated rings. The van der Waals surface area contributed by atoms with Crippen molar-refractivity contribution in [1.82, 2.24) is 9.55 Å². The van der Waals surface area contributed by atoms with E-state index in [1.807, 2.05) is 17.7 Å². The molecular formula is C12H20N2O2. The molecule has 0 radical (unpaired) electrons. The van der Waals surface area contributed by atoms with Gasteiger partial charge in [-0.25, -0.2) is 4.98 Å². The molecule has 0 amide bonds. The van der Waals surface area contributed by atoms with Gasteiger partial charge in [0.15, 0.2) is 0 Å². The molecule has 2 unspecified atom stereocenters. The number of hydrogen-bond donors (Lipinski definition) is 1. The van der Waals surface area contributed by atoms with Gasteiger partial charge in [0.1, 0.15) is 11.9 Å². The molecule has 0 aromatic carbocycles. The molecule has 1 aliphatic heterocycles. The molecule has 4 heteroatoms. The van der Waals surface area contributed by atoms with E-state index in [-0.39, 0.29) is 0 Å². The van der Waals surface area contributed by atoms with Crippen molar-refractivity contribution in [1.29, 1.82) is 0 Å². The zero-order valence-corrected chi connectivity index (χ0v) is 10.0. The number of aliphatic hydroxyl groups is 1. The van der Waals surface area contributed by atoms with E-state index in [2.05, 4.69) is 11.9 Å². The average Bonchev–Trinajstić information content (AvgIpc) is 2.88. The van der Waals surface area contributed by atoms with E-state index < -0.39 is 11.7 Å². The largest absolute Gasteiger partial charge is 0.382 e. The number of aromatic nitrogens is 2. The van der Waals surface area contributed by atoms with Gasteiger partial charge in [0.2, 0.25) is 0 Å². The lowest BCUT2D eigenvalue weighted by molar-refractivity contribution is -0.0843. The first-order valence-corrected chi connectivity index (χ1v) is 6.00. The molecule has 1 saturated heterocycles. The van der Waals surface area contributed by atoms with Gasteiger partial charge < -0.3 is 14.4 Å². The van der Waals surface area contributed by atoms with Crippen LogP contribution in [0.2, 0.25) is 0 Å². The van der Waals surface area contributed by atoms with E-state index in [9.17, 15) is 5.11 Å². The summed E-state index contributed by atoms with van der Waals surface area (Å²) in [6.45, 7) is 5.71. The molecular weight excluding hydrogens is 204 g/mol. The molecule has 90 valence electrons. The Morgan fingerprint density at radius 2 is 2.50 bits per heavy atom. The van der Waals surface area contributed by atoms with Crippen LogP contribution in [0.3, 0.4) is 0 Å². The van der Waals surface area contributed by atoms with Crippen LogP contribution >= 0.6 is 0 Å². The monoisotopic (exact) mass is 224 g/mol. The smallest absolute Gasteiger partial charge is 0.140 e. The van der Waals surface area contributed by atoms with E-state index in [0.717, 1.165) is 38.2 Å². The highest BCUT2D eigenvalue weighted by Crippen LogP contribution is 2.36. The lowest BCUT2D eigenvalue weighted by Crippen LogP contribution is -2.33. The van der Waals surface area contributed by atoms with Crippen LogP contribution in [0.15, 0.2) is 12.4 Å². The summed E-state index contributed by atoms with van der Waals surface area (Å²) < 4.78 is 7.67. The zero-order valence-electron chi connectivity index (χ0n) is 10.0. The van der Waals surface area contributed by atoms with Crippen molar-refractivity contribution in [3.05, 3.63) is 18.2 Å². The maximum Gasteiger partial charge on any atom is 0.140 e. The van der Waals surface area contributed by atoms with Gasteiger partial charge in [0.25, 0.3) is 0 Å². The van der Waals surface area contributed by atoms with Crippen molar-refractivity contribution in [3.63, 3.8) is 0 Å². The van der Waals surface area contributed by atoms with Crippen molar-refractivity contribution in [2.45, 2.75) is 51.4 Å². The molecule has 2 heterocycles. The number of hydrogen-bond acceptors (Lipinski definition) is 3. The van der Waals surface area contributed by atoms with E-state index >= 15 is 0 Å². The van der Waals surface area contributed by atoms with Crippen LogP contribution in [0.4, 0.5) is 0 Å². The lowest BCUT2D eigenvalue weighted by atomic mass is 9.95. The molecule has 4 nitrogen and oxygen atoms in total. The number of ether oxygens (including phenoxy) is 1. The highest BCUT2D eigenvalue weighted by atomic mass is 16.5. The fourth-order valence-electron chi connectivity index (χ4n) is 2.29. The molecule has 1 aromatic rings. The fourth-order valence-corrected chi connectivity index (χ4v) is 2.29. The van der Waals surface area contributed by atoms with Gasteiger partial charge in [0.05, 0.1) is 5.60 Å². The minimum atomic E-state index is -0.628. The summed E-state index contributed by atoms with van der Waals surface area (Å²) in [7, 11) is 0. The van der Waals surface area contributed by atoms with E-state index in [1.54, 1.807) is 6.20 Å². The maximum absolute atomic E-state index is 10.4. The molecule has 1 aliphatic rings. The predicted octanol–water partition coefficient (Wildman–Crippen LogP) is 1.90. The van der Waals surface area contributed by atoms with Gasteiger partial charge in [-0.2, -0.15) is 0 Å². The van der Waals surface area contributed by atoms with Gasteiger partial charge >= 0.3 is 0 Å². The predicted molar refractivity (Wildman–Crippen MR) is 61.1 cm³/mol. The molecule has 1 N–H and O–H groups in total. The Morgan fingerprint density at radius 3 is 3.12 bits per heavy atom. The Labute approximate surface area is 96.3 Å². The van der Waals surface area contributed by atoms with Crippen LogP contribution in [0.5, 0.6) is 0 Å². The Balaban J connectivity index is 2.19. The summed E-state index contributed by atoms with van der Waals surface area (Å²) in [5.41, 5.74) is -0.461. The van der Waals surface area contributed by atoms with Crippen LogP contribution in [0.25, 0.3) is 0 Å². The highest BCUT2D eigenvalue weighted by molar-refractivity contribution is 5.04. The van der Waals surface area contributed by atoms with Crippen molar-refractivity contribution in [2.75, 3.05) is 6.61 Å². The van der Waals surface area contributed by atoms with Crippen molar-refractivity contribution >= 4 is 0 Å². The second-order valence-electron chi connectivity index (χ2n) is 4.65. The molecule has 0 spiro atoms. The third kappa shape index (κ3) is 1.99. The van der Waals surface area contributed by atoms with Crippen LogP contribution in [-0.2, 0) is 11.3 Å². The molecule has 16 heavy (non-hydrogen) atoms. The first-order valence-electron chi connectivity index (χ1n) is 6.00. The van der Waals surface area contributed by atoms with Crippen molar-refractivity contribution in [3.8, 4) is 0 Å². The molecule has 1 aromatic heterocycles. The summed E-state index contributed by atoms with van der Waals surface area (Å²) in [5.74, 6) is 0.728. The first kappa shape index (κ1) is 11.6. The van der Waals surface area contributed by atoms with Gasteiger partial charge in [-0.05, 0) is 26.2 Å². The summed E-state index contributed by atoms with van der Waals surface area (Å²) in [6, 6.07) is 0. The zero-order chi connectivity index (χ0) is 11.6. The number of imidazole rings is 1. The van der Waals surface area contributed by atoms with Gasteiger partial charge in [0, 0.05) is 25.5 Å². The van der Waals surface area contributed by atoms with Crippen LogP contribution in [-0.4, -0.2) is 26.9 Å². The minimum absolute atomic E-state index is 0.461. The summed E-state index contributed by atoms with van der Waals surface area (Å²) in [6.07, 6.45) is 5.98. The third-order valence-electron chi connectivity index (χ3n) is 3.28. The quantitative estimate of drug-likeness (QED) is 0.849. The fraction of sp³-hybridized carbons (Fsp3) is 0.750. The normalized spacial score (nSPS) is 27.2. The number of aliphatic hydroxyl groups excluding tert-OH is 1. The Hall–Kier alpha value is -0.870. The summed E-state index contributed by atoms with van der Waals surface area (Å²) >= 11 is 0. The first-order chi connectivity index (χ1) is 7.67. The molecule has 0 saturated carbocycles. The van der Waals surface area contributed by atoms with E-state index in [1.165, 1.54) is 0 Å².